The number of hydrogen-bond donors (Lipinski definition) is 3. The van der Waals surface area contributed by atoms with Crippen molar-refractivity contribution in [2.45, 2.75) is 32.2 Å². The highest BCUT2D eigenvalue weighted by Crippen LogP contribution is 2.21. The van der Waals surface area contributed by atoms with Gasteiger partial charge in [0.2, 0.25) is 5.91 Å². The predicted octanol–water partition coefficient (Wildman–Crippen LogP) is 2.49. The molecule has 0 fully saturated rings. The third-order valence-corrected chi connectivity index (χ3v) is 2.90. The van der Waals surface area contributed by atoms with Crippen LogP contribution in [0, 0.1) is 0 Å². The van der Waals surface area contributed by atoms with Crippen LogP contribution in [0.3, 0.4) is 0 Å². The molecule has 104 valence electrons. The number of rotatable bonds is 6. The topological polar surface area (TPSA) is 92.4 Å². The number of nitrogens with one attached hydrogen (secondary N) is 1. The molecule has 1 aromatic rings. The highest BCUT2D eigenvalue weighted by Gasteiger charge is 2.12. The Kier molecular flexibility index (Phi) is 5.79. The van der Waals surface area contributed by atoms with Gasteiger partial charge in [-0.1, -0.05) is 24.9 Å². The van der Waals surface area contributed by atoms with Gasteiger partial charge in [-0.2, -0.15) is 0 Å². The molecule has 5 nitrogen and oxygen atoms in total. The van der Waals surface area contributed by atoms with E-state index in [0.717, 1.165) is 12.8 Å². The lowest BCUT2D eigenvalue weighted by molar-refractivity contribution is -0.116. The maximum Gasteiger partial charge on any atom is 0.337 e. The molecule has 1 atom stereocenters. The van der Waals surface area contributed by atoms with E-state index in [2.05, 4.69) is 5.32 Å². The summed E-state index contributed by atoms with van der Waals surface area (Å²) in [5, 5.41) is 11.6. The Morgan fingerprint density at radius 1 is 1.47 bits per heavy atom. The quantitative estimate of drug-likeness (QED) is 0.748. The Hall–Kier alpha value is -1.59. The van der Waals surface area contributed by atoms with Crippen molar-refractivity contribution >= 4 is 29.2 Å². The highest BCUT2D eigenvalue weighted by molar-refractivity contribution is 6.33. The minimum atomic E-state index is -1.10. The first-order valence-corrected chi connectivity index (χ1v) is 6.40. The molecule has 0 aliphatic heterocycles. The molecule has 0 heterocycles. The van der Waals surface area contributed by atoms with E-state index in [1.807, 2.05) is 6.92 Å². The number of carboxylic acid groups (broad SMARTS) is 1. The lowest BCUT2D eigenvalue weighted by Gasteiger charge is -2.11. The van der Waals surface area contributed by atoms with Gasteiger partial charge in [0, 0.05) is 18.2 Å². The number of hydrogen-bond acceptors (Lipinski definition) is 3. The van der Waals surface area contributed by atoms with Gasteiger partial charge in [-0.25, -0.2) is 4.79 Å². The van der Waals surface area contributed by atoms with Gasteiger partial charge < -0.3 is 16.2 Å². The highest BCUT2D eigenvalue weighted by atomic mass is 35.5. The molecular weight excluding hydrogens is 268 g/mol. The van der Waals surface area contributed by atoms with Crippen LogP contribution in [0.4, 0.5) is 5.69 Å². The van der Waals surface area contributed by atoms with Crippen LogP contribution >= 0.6 is 11.6 Å². The third kappa shape index (κ3) is 4.89. The van der Waals surface area contributed by atoms with E-state index in [1.165, 1.54) is 18.2 Å². The van der Waals surface area contributed by atoms with Crippen LogP contribution in [0.15, 0.2) is 18.2 Å². The Morgan fingerprint density at radius 3 is 2.68 bits per heavy atom. The fraction of sp³-hybridized carbons (Fsp3) is 0.385. The van der Waals surface area contributed by atoms with Crippen LogP contribution in [-0.4, -0.2) is 23.0 Å². The minimum Gasteiger partial charge on any atom is -0.478 e. The van der Waals surface area contributed by atoms with E-state index in [4.69, 9.17) is 22.4 Å². The summed E-state index contributed by atoms with van der Waals surface area (Å²) in [6.07, 6.45) is 1.94. The zero-order valence-electron chi connectivity index (χ0n) is 10.6. The van der Waals surface area contributed by atoms with Crippen LogP contribution in [0.1, 0.15) is 36.5 Å². The second-order valence-electron chi connectivity index (χ2n) is 4.30. The minimum absolute atomic E-state index is 0.00218. The van der Waals surface area contributed by atoms with Gasteiger partial charge in [0.25, 0.3) is 0 Å². The molecule has 4 N–H and O–H groups in total. The summed E-state index contributed by atoms with van der Waals surface area (Å²) < 4.78 is 0. The van der Waals surface area contributed by atoms with Gasteiger partial charge in [0.1, 0.15) is 0 Å². The average Bonchev–Trinajstić information content (AvgIpc) is 2.28. The number of carbonyl (C=O) groups excluding carboxylic acids is 1. The standard InChI is InChI=1S/C13H17ClN2O3/c1-2-3-8(15)6-12(17)16-9-4-5-10(13(18)19)11(14)7-9/h4-5,7-8H,2-3,6,15H2,1H3,(H,16,17)(H,18,19). The molecule has 6 heteroatoms. The number of halogens is 1. The molecule has 0 bridgehead atoms. The lowest BCUT2D eigenvalue weighted by Crippen LogP contribution is -2.26. The molecular formula is C13H17ClN2O3. The molecule has 0 aliphatic carbocycles. The number of anilines is 1. The average molecular weight is 285 g/mol. The molecule has 0 spiro atoms. The Balaban J connectivity index is 2.65. The van der Waals surface area contributed by atoms with Crippen molar-refractivity contribution in [2.24, 2.45) is 5.73 Å². The molecule has 0 aliphatic rings. The van der Waals surface area contributed by atoms with Gasteiger partial charge in [0.05, 0.1) is 10.6 Å². The summed E-state index contributed by atoms with van der Waals surface area (Å²) in [5.74, 6) is -1.31. The fourth-order valence-corrected chi connectivity index (χ4v) is 1.95. The van der Waals surface area contributed by atoms with E-state index < -0.39 is 5.97 Å². The molecule has 1 rings (SSSR count). The van der Waals surface area contributed by atoms with Crippen LogP contribution < -0.4 is 11.1 Å². The third-order valence-electron chi connectivity index (χ3n) is 2.59. The van der Waals surface area contributed by atoms with Gasteiger partial charge >= 0.3 is 5.97 Å². The monoisotopic (exact) mass is 284 g/mol. The molecule has 0 aromatic heterocycles. The lowest BCUT2D eigenvalue weighted by atomic mass is 10.1. The predicted molar refractivity (Wildman–Crippen MR) is 74.5 cm³/mol. The normalized spacial score (nSPS) is 11.9. The van der Waals surface area contributed by atoms with Crippen molar-refractivity contribution in [2.75, 3.05) is 5.32 Å². The van der Waals surface area contributed by atoms with Crippen LogP contribution in [-0.2, 0) is 4.79 Å². The van der Waals surface area contributed by atoms with Crippen LogP contribution in [0.2, 0.25) is 5.02 Å². The number of amides is 1. The maximum absolute atomic E-state index is 11.7. The van der Waals surface area contributed by atoms with E-state index in [9.17, 15) is 9.59 Å². The van der Waals surface area contributed by atoms with Gasteiger partial charge in [-0.15, -0.1) is 0 Å². The van der Waals surface area contributed by atoms with Gasteiger partial charge in [0.15, 0.2) is 0 Å². The van der Waals surface area contributed by atoms with Gasteiger partial charge in [-0.3, -0.25) is 4.79 Å². The number of benzene rings is 1. The summed E-state index contributed by atoms with van der Waals surface area (Å²) in [6.45, 7) is 2.00. The SMILES string of the molecule is CCCC(N)CC(=O)Nc1ccc(C(=O)O)c(Cl)c1. The summed E-state index contributed by atoms with van der Waals surface area (Å²) in [6, 6.07) is 4.10. The van der Waals surface area contributed by atoms with Crippen molar-refractivity contribution in [1.29, 1.82) is 0 Å². The van der Waals surface area contributed by atoms with E-state index in [-0.39, 0.29) is 29.0 Å². The van der Waals surface area contributed by atoms with Crippen molar-refractivity contribution < 1.29 is 14.7 Å². The second kappa shape index (κ2) is 7.11. The molecule has 0 saturated carbocycles. The Labute approximate surface area is 116 Å². The molecule has 1 amide bonds. The van der Waals surface area contributed by atoms with Gasteiger partial charge in [-0.05, 0) is 24.6 Å². The number of carboxylic acids is 1. The van der Waals surface area contributed by atoms with E-state index in [1.54, 1.807) is 0 Å². The first-order chi connectivity index (χ1) is 8.93. The number of carbonyl (C=O) groups is 2. The molecule has 1 unspecified atom stereocenters. The van der Waals surface area contributed by atoms with Crippen molar-refractivity contribution in [3.05, 3.63) is 28.8 Å². The maximum atomic E-state index is 11.7. The number of nitrogens with two attached hydrogens (primary N) is 1. The first-order valence-electron chi connectivity index (χ1n) is 6.02. The summed E-state index contributed by atoms with van der Waals surface area (Å²) >= 11 is 5.81. The van der Waals surface area contributed by atoms with Crippen LogP contribution in [0.5, 0.6) is 0 Å². The fourth-order valence-electron chi connectivity index (χ4n) is 1.69. The largest absolute Gasteiger partial charge is 0.478 e. The molecule has 0 radical (unpaired) electrons. The zero-order chi connectivity index (χ0) is 14.4. The van der Waals surface area contributed by atoms with Crippen molar-refractivity contribution in [3.63, 3.8) is 0 Å². The smallest absolute Gasteiger partial charge is 0.337 e. The van der Waals surface area contributed by atoms with Crippen molar-refractivity contribution in [3.8, 4) is 0 Å². The van der Waals surface area contributed by atoms with Crippen LogP contribution in [0.25, 0.3) is 0 Å². The van der Waals surface area contributed by atoms with E-state index in [0.29, 0.717) is 5.69 Å². The Morgan fingerprint density at radius 2 is 2.16 bits per heavy atom. The zero-order valence-corrected chi connectivity index (χ0v) is 11.4. The van der Waals surface area contributed by atoms with Crippen molar-refractivity contribution in [1.82, 2.24) is 0 Å². The Bertz CT molecular complexity index is 477. The first kappa shape index (κ1) is 15.5. The molecule has 1 aromatic carbocycles. The van der Waals surface area contributed by atoms with E-state index >= 15 is 0 Å². The summed E-state index contributed by atoms with van der Waals surface area (Å²) in [7, 11) is 0. The number of aromatic carboxylic acids is 1. The molecule has 0 saturated heterocycles. The summed E-state index contributed by atoms with van der Waals surface area (Å²) in [5.41, 5.74) is 6.23. The molecule has 19 heavy (non-hydrogen) atoms. The summed E-state index contributed by atoms with van der Waals surface area (Å²) in [4.78, 5) is 22.5. The second-order valence-corrected chi connectivity index (χ2v) is 4.71.